The summed E-state index contributed by atoms with van der Waals surface area (Å²) in [6.45, 7) is 2.79. The van der Waals surface area contributed by atoms with Crippen molar-refractivity contribution < 1.29 is 64.0 Å². The third kappa shape index (κ3) is 22.0. The summed E-state index contributed by atoms with van der Waals surface area (Å²) in [5, 5.41) is 14.8. The van der Waals surface area contributed by atoms with E-state index < -0.39 is 38.0 Å². The van der Waals surface area contributed by atoms with Crippen molar-refractivity contribution in [3.05, 3.63) is 0 Å². The predicted molar refractivity (Wildman–Crippen MR) is 141 cm³/mol. The Labute approximate surface area is 247 Å². The van der Waals surface area contributed by atoms with Crippen LogP contribution in [0.2, 0.25) is 0 Å². The summed E-state index contributed by atoms with van der Waals surface area (Å²) in [6.07, 6.45) is -9.31. The first kappa shape index (κ1) is 40.7. The number of nitriles is 1. The third-order valence-corrected chi connectivity index (χ3v) is 6.16. The predicted octanol–water partition coefficient (Wildman–Crippen LogP) is 2.57. The van der Waals surface area contributed by atoms with E-state index in [0.29, 0.717) is 13.0 Å². The van der Waals surface area contributed by atoms with Crippen molar-refractivity contribution >= 4 is 26.1 Å². The van der Waals surface area contributed by atoms with Gasteiger partial charge in [0.1, 0.15) is 0 Å². The molecule has 19 heteroatoms. The fourth-order valence-electron chi connectivity index (χ4n) is 2.99. The normalized spacial score (nSPS) is 12.8. The van der Waals surface area contributed by atoms with Crippen LogP contribution in [0.4, 0.5) is 26.3 Å². The summed E-state index contributed by atoms with van der Waals surface area (Å²) < 4.78 is 103. The van der Waals surface area contributed by atoms with Crippen LogP contribution in [0.25, 0.3) is 0 Å². The van der Waals surface area contributed by atoms with Crippen molar-refractivity contribution in [2.75, 3.05) is 79.2 Å². The van der Waals surface area contributed by atoms with Gasteiger partial charge >= 0.3 is 24.2 Å². The van der Waals surface area contributed by atoms with Crippen LogP contribution in [0, 0.1) is 16.7 Å². The molecule has 0 aromatic rings. The lowest BCUT2D eigenvalue weighted by Gasteiger charge is -2.33. The molecule has 0 saturated carbocycles. The van der Waals surface area contributed by atoms with Gasteiger partial charge < -0.3 is 39.2 Å². The number of hydrogen-bond donors (Lipinski definition) is 3. The Hall–Kier alpha value is -2.29. The van der Waals surface area contributed by atoms with E-state index in [1.807, 2.05) is 6.07 Å². The number of halogens is 6. The van der Waals surface area contributed by atoms with Crippen molar-refractivity contribution in [3.8, 4) is 6.07 Å². The van der Waals surface area contributed by atoms with E-state index in [2.05, 4.69) is 5.32 Å². The van der Waals surface area contributed by atoms with Gasteiger partial charge in [-0.2, -0.15) is 31.6 Å². The Morgan fingerprint density at radius 2 is 1.12 bits per heavy atom. The molecule has 43 heavy (non-hydrogen) atoms. The van der Waals surface area contributed by atoms with Crippen LogP contribution in [0.5, 0.6) is 0 Å². The van der Waals surface area contributed by atoms with Crippen molar-refractivity contribution in [2.45, 2.75) is 45.0 Å². The minimum atomic E-state index is -5.01. The maximum Gasteiger partial charge on any atom is 0.471 e. The molecular weight excluding hydrogens is 617 g/mol. The number of hydrogen-bond acceptors (Lipinski definition) is 9. The second-order valence-electron chi connectivity index (χ2n) is 9.16. The molecule has 1 unspecified atom stereocenters. The van der Waals surface area contributed by atoms with Crippen LogP contribution in [0.15, 0.2) is 0 Å². The number of carbonyl (C=O) groups excluding carboxylic acids is 3. The van der Waals surface area contributed by atoms with Gasteiger partial charge in [0, 0.05) is 53.0 Å². The smallest absolute Gasteiger partial charge is 0.381 e. The molecule has 0 heterocycles. The van der Waals surface area contributed by atoms with E-state index in [1.165, 1.54) is 6.92 Å². The first-order chi connectivity index (χ1) is 20.1. The standard InChI is InChI=1S/C24H39F6N4O8P/c1-19(35)32-8-4-11-38-15-22(18-42-43(2)41-14-3-7-31,16-39-12-5-9-33-20(36)23(25,26)27)17-40-13-6-10-34-21(37)24(28,29)30/h3-6,8-18H2,1-2H3,(H,32,35)(H,33,36)(H,34,37). The van der Waals surface area contributed by atoms with Crippen LogP contribution >= 0.6 is 8.38 Å². The molecule has 0 bridgehead atoms. The van der Waals surface area contributed by atoms with Crippen LogP contribution in [0.1, 0.15) is 32.6 Å². The number of rotatable bonds is 24. The molecule has 0 aromatic heterocycles. The molecule has 0 saturated heterocycles. The zero-order valence-electron chi connectivity index (χ0n) is 24.0. The Morgan fingerprint density at radius 1 is 0.698 bits per heavy atom. The highest BCUT2D eigenvalue weighted by Gasteiger charge is 2.39. The van der Waals surface area contributed by atoms with Gasteiger partial charge in [-0.05, 0) is 19.3 Å². The Bertz CT molecular complexity index is 823. The van der Waals surface area contributed by atoms with Crippen LogP contribution < -0.4 is 16.0 Å². The summed E-state index contributed by atoms with van der Waals surface area (Å²) in [5.41, 5.74) is -1.02. The van der Waals surface area contributed by atoms with Crippen LogP contribution in [-0.2, 0) is 37.6 Å². The summed E-state index contributed by atoms with van der Waals surface area (Å²) >= 11 is 0. The van der Waals surface area contributed by atoms with Crippen molar-refractivity contribution in [1.82, 2.24) is 16.0 Å². The van der Waals surface area contributed by atoms with E-state index in [9.17, 15) is 40.7 Å². The number of nitrogens with one attached hydrogen (secondary N) is 3. The van der Waals surface area contributed by atoms with Gasteiger partial charge in [0.25, 0.3) is 0 Å². The zero-order valence-corrected chi connectivity index (χ0v) is 24.9. The van der Waals surface area contributed by atoms with Crippen LogP contribution in [0.3, 0.4) is 0 Å². The average Bonchev–Trinajstić information content (AvgIpc) is 2.91. The monoisotopic (exact) mass is 656 g/mol. The van der Waals surface area contributed by atoms with Gasteiger partial charge in [0.05, 0.1) is 50.9 Å². The first-order valence-corrected chi connectivity index (χ1v) is 14.8. The minimum absolute atomic E-state index is 0.00986. The molecule has 0 aromatic carbocycles. The fraction of sp³-hybridized carbons (Fsp3) is 0.833. The summed E-state index contributed by atoms with van der Waals surface area (Å²) in [4.78, 5) is 33.0. The molecule has 12 nitrogen and oxygen atoms in total. The lowest BCUT2D eigenvalue weighted by molar-refractivity contribution is -0.173. The summed E-state index contributed by atoms with van der Waals surface area (Å²) in [5.74, 6) is -4.36. The van der Waals surface area contributed by atoms with E-state index in [4.69, 9.17) is 28.5 Å². The van der Waals surface area contributed by atoms with Gasteiger partial charge in [-0.3, -0.25) is 14.4 Å². The lowest BCUT2D eigenvalue weighted by atomic mass is 9.92. The molecule has 0 radical (unpaired) electrons. The second-order valence-corrected chi connectivity index (χ2v) is 10.6. The van der Waals surface area contributed by atoms with Crippen molar-refractivity contribution in [2.24, 2.45) is 5.41 Å². The van der Waals surface area contributed by atoms with Gasteiger partial charge in [-0.25, -0.2) is 0 Å². The molecule has 0 spiro atoms. The van der Waals surface area contributed by atoms with Crippen LogP contribution in [-0.4, -0.2) is 109 Å². The Balaban J connectivity index is 5.24. The highest BCUT2D eigenvalue weighted by molar-refractivity contribution is 7.46. The van der Waals surface area contributed by atoms with E-state index in [0.717, 1.165) is 0 Å². The highest BCUT2D eigenvalue weighted by atomic mass is 31.2. The molecule has 3 amide bonds. The molecule has 0 rings (SSSR count). The lowest BCUT2D eigenvalue weighted by Crippen LogP contribution is -2.42. The van der Waals surface area contributed by atoms with E-state index in [-0.39, 0.29) is 91.1 Å². The molecule has 0 aliphatic rings. The number of carbonyl (C=O) groups is 3. The molecule has 1 atom stereocenters. The highest BCUT2D eigenvalue weighted by Crippen LogP contribution is 2.36. The van der Waals surface area contributed by atoms with Gasteiger partial charge in [0.15, 0.2) is 8.38 Å². The largest absolute Gasteiger partial charge is 0.471 e. The summed E-state index contributed by atoms with van der Waals surface area (Å²) in [7, 11) is -1.45. The molecule has 0 fully saturated rings. The topological polar surface area (TPSA) is 157 Å². The minimum Gasteiger partial charge on any atom is -0.381 e. The number of alkyl halides is 6. The summed E-state index contributed by atoms with van der Waals surface area (Å²) in [6, 6.07) is 1.93. The van der Waals surface area contributed by atoms with Crippen molar-refractivity contribution in [3.63, 3.8) is 0 Å². The number of amides is 3. The van der Waals surface area contributed by atoms with E-state index in [1.54, 1.807) is 17.3 Å². The fourth-order valence-corrected chi connectivity index (χ4v) is 3.87. The number of nitrogens with zero attached hydrogens (tertiary/aromatic N) is 1. The number of ether oxygens (including phenoxy) is 3. The second kappa shape index (κ2) is 22.3. The Kier molecular flexibility index (Phi) is 21.1. The average molecular weight is 657 g/mol. The van der Waals surface area contributed by atoms with E-state index >= 15 is 0 Å². The molecule has 3 N–H and O–H groups in total. The molecule has 250 valence electrons. The molecular formula is C24H39F6N4O8P. The van der Waals surface area contributed by atoms with Gasteiger partial charge in [-0.1, -0.05) is 0 Å². The maximum atomic E-state index is 12.4. The first-order valence-electron chi connectivity index (χ1n) is 13.2. The maximum absolute atomic E-state index is 12.4. The van der Waals surface area contributed by atoms with Gasteiger partial charge in [-0.15, -0.1) is 0 Å². The van der Waals surface area contributed by atoms with Gasteiger partial charge in [0.2, 0.25) is 5.91 Å². The molecule has 0 aliphatic heterocycles. The quantitative estimate of drug-likeness (QED) is 0.0807. The third-order valence-electron chi connectivity index (χ3n) is 5.12. The zero-order chi connectivity index (χ0) is 32.8. The SMILES string of the molecule is CC(=O)NCCCOCC(COCCCNC(=O)C(F)(F)F)(COCCCNC(=O)C(F)(F)F)COP(C)OCCC#N. The van der Waals surface area contributed by atoms with Crippen molar-refractivity contribution in [1.29, 1.82) is 5.26 Å². The molecule has 0 aliphatic carbocycles. The Morgan fingerprint density at radius 3 is 1.49 bits per heavy atom.